The van der Waals surface area contributed by atoms with Gasteiger partial charge in [-0.3, -0.25) is 4.57 Å². The van der Waals surface area contributed by atoms with Gasteiger partial charge in [-0.05, 0) is 32.1 Å². The minimum atomic E-state index is 0.786. The molecule has 0 saturated heterocycles. The summed E-state index contributed by atoms with van der Waals surface area (Å²) in [7, 11) is 0. The van der Waals surface area contributed by atoms with Gasteiger partial charge in [-0.15, -0.1) is 0 Å². The Morgan fingerprint density at radius 3 is 2.17 bits per heavy atom. The lowest BCUT2D eigenvalue weighted by Crippen LogP contribution is -1.97. The molecule has 0 spiro atoms. The maximum absolute atomic E-state index is 4.55. The molecule has 23 heavy (non-hydrogen) atoms. The maximum atomic E-state index is 4.55. The highest BCUT2D eigenvalue weighted by molar-refractivity contribution is 5.86. The first-order valence-electron chi connectivity index (χ1n) is 7.47. The first-order chi connectivity index (χ1) is 11.2. The van der Waals surface area contributed by atoms with Gasteiger partial charge in [-0.25, -0.2) is 4.99 Å². The molecule has 1 aromatic rings. The van der Waals surface area contributed by atoms with E-state index in [1.54, 1.807) is 18.4 Å². The third kappa shape index (κ3) is 3.86. The zero-order chi connectivity index (χ0) is 17.2. The van der Waals surface area contributed by atoms with Gasteiger partial charge in [0.05, 0.1) is 5.69 Å². The van der Waals surface area contributed by atoms with E-state index < -0.39 is 0 Å². The van der Waals surface area contributed by atoms with Crippen LogP contribution in [0.4, 0.5) is 5.82 Å². The number of rotatable bonds is 8. The normalized spacial score (nSPS) is 12.3. The van der Waals surface area contributed by atoms with Crippen molar-refractivity contribution in [3.8, 4) is 0 Å². The second-order valence-corrected chi connectivity index (χ2v) is 4.62. The molecular formula is C21H24N2. The first-order valence-corrected chi connectivity index (χ1v) is 7.47. The summed E-state index contributed by atoms with van der Waals surface area (Å²) in [5, 5.41) is 0. The Bertz CT molecular complexity index is 720. The smallest absolute Gasteiger partial charge is 0.145 e. The fraction of sp³-hybridized carbons (Fsp3) is 0.0952. The molecule has 0 aromatic carbocycles. The molecule has 0 amide bonds. The highest BCUT2D eigenvalue weighted by Crippen LogP contribution is 2.36. The van der Waals surface area contributed by atoms with Gasteiger partial charge in [0.2, 0.25) is 0 Å². The van der Waals surface area contributed by atoms with Crippen molar-refractivity contribution in [3.63, 3.8) is 0 Å². The van der Waals surface area contributed by atoms with Gasteiger partial charge in [0.15, 0.2) is 0 Å². The van der Waals surface area contributed by atoms with Crippen molar-refractivity contribution in [3.05, 3.63) is 79.6 Å². The van der Waals surface area contributed by atoms with Crippen LogP contribution in [0.25, 0.3) is 23.9 Å². The number of aromatic nitrogens is 1. The van der Waals surface area contributed by atoms with E-state index in [-0.39, 0.29) is 0 Å². The van der Waals surface area contributed by atoms with Crippen LogP contribution in [-0.2, 0) is 0 Å². The monoisotopic (exact) mass is 304 g/mol. The Morgan fingerprint density at radius 2 is 1.70 bits per heavy atom. The molecule has 0 aliphatic heterocycles. The van der Waals surface area contributed by atoms with E-state index in [1.807, 2.05) is 60.9 Å². The Balaban J connectivity index is 3.97. The molecule has 1 aromatic heterocycles. The quantitative estimate of drug-likeness (QED) is 0.396. The minimum Gasteiger partial charge on any atom is -0.294 e. The molecule has 2 nitrogen and oxygen atoms in total. The predicted molar refractivity (Wildman–Crippen MR) is 107 cm³/mol. The predicted octanol–water partition coefficient (Wildman–Crippen LogP) is 6.30. The molecule has 2 heteroatoms. The lowest BCUT2D eigenvalue weighted by Gasteiger charge is -2.10. The highest BCUT2D eigenvalue weighted by Gasteiger charge is 2.18. The van der Waals surface area contributed by atoms with Crippen molar-refractivity contribution in [2.75, 3.05) is 0 Å². The van der Waals surface area contributed by atoms with Crippen LogP contribution in [0.1, 0.15) is 30.7 Å². The second kappa shape index (κ2) is 9.21. The summed E-state index contributed by atoms with van der Waals surface area (Å²) >= 11 is 0. The van der Waals surface area contributed by atoms with Gasteiger partial charge in [0.25, 0.3) is 0 Å². The average Bonchev–Trinajstić information content (AvgIpc) is 2.85. The topological polar surface area (TPSA) is 17.3 Å². The molecule has 0 radical (unpaired) electrons. The van der Waals surface area contributed by atoms with Crippen LogP contribution in [0.2, 0.25) is 0 Å². The van der Waals surface area contributed by atoms with E-state index in [1.165, 1.54) is 0 Å². The number of hydrogen-bond donors (Lipinski definition) is 0. The fourth-order valence-electron chi connectivity index (χ4n) is 2.37. The van der Waals surface area contributed by atoms with Crippen molar-refractivity contribution in [1.82, 2.24) is 4.57 Å². The van der Waals surface area contributed by atoms with Crippen molar-refractivity contribution in [2.24, 2.45) is 4.99 Å². The van der Waals surface area contributed by atoms with Crippen LogP contribution in [0.3, 0.4) is 0 Å². The van der Waals surface area contributed by atoms with Crippen LogP contribution >= 0.6 is 0 Å². The largest absolute Gasteiger partial charge is 0.294 e. The third-order valence-electron chi connectivity index (χ3n) is 3.18. The Labute approximate surface area is 139 Å². The fourth-order valence-corrected chi connectivity index (χ4v) is 2.37. The average molecular weight is 304 g/mol. The van der Waals surface area contributed by atoms with E-state index in [4.69, 9.17) is 0 Å². The van der Waals surface area contributed by atoms with Crippen LogP contribution in [-0.4, -0.2) is 10.8 Å². The molecule has 0 bridgehead atoms. The molecule has 1 heterocycles. The minimum absolute atomic E-state index is 0.786. The molecular weight excluding hydrogens is 280 g/mol. The molecule has 1 rings (SSSR count). The van der Waals surface area contributed by atoms with E-state index >= 15 is 0 Å². The van der Waals surface area contributed by atoms with E-state index in [2.05, 4.69) is 31.3 Å². The standard InChI is InChI=1S/C21H24N2/c1-7-13-17(14-8-2)23-20(12-6)19(15-9-3)18(11-5)21(23)22-16-10-4/h7-16H,1,4-6H2,2-3H3/b14-8-,15-9-,17-13+,22-16-. The Morgan fingerprint density at radius 1 is 0.957 bits per heavy atom. The lowest BCUT2D eigenvalue weighted by atomic mass is 10.1. The first kappa shape index (κ1) is 18.2. The summed E-state index contributed by atoms with van der Waals surface area (Å²) in [6.07, 6.45) is 18.7. The highest BCUT2D eigenvalue weighted by atomic mass is 15.1. The summed E-state index contributed by atoms with van der Waals surface area (Å²) < 4.78 is 2.04. The third-order valence-corrected chi connectivity index (χ3v) is 3.18. The van der Waals surface area contributed by atoms with Crippen LogP contribution in [0.15, 0.2) is 67.8 Å². The molecule has 0 aliphatic carbocycles. The van der Waals surface area contributed by atoms with Gasteiger partial charge >= 0.3 is 0 Å². The van der Waals surface area contributed by atoms with Crippen LogP contribution < -0.4 is 0 Å². The van der Waals surface area contributed by atoms with Crippen molar-refractivity contribution in [2.45, 2.75) is 13.8 Å². The summed E-state index contributed by atoms with van der Waals surface area (Å²) in [5.74, 6) is 0.786. The van der Waals surface area contributed by atoms with Crippen molar-refractivity contribution in [1.29, 1.82) is 0 Å². The maximum Gasteiger partial charge on any atom is 0.145 e. The number of nitrogens with zero attached hydrogens (tertiary/aromatic N) is 2. The van der Waals surface area contributed by atoms with Crippen molar-refractivity contribution < 1.29 is 0 Å². The lowest BCUT2D eigenvalue weighted by molar-refractivity contribution is 1.09. The van der Waals surface area contributed by atoms with Gasteiger partial charge in [0, 0.05) is 23.0 Å². The molecule has 0 saturated carbocycles. The van der Waals surface area contributed by atoms with Gasteiger partial charge in [-0.2, -0.15) is 0 Å². The molecule has 118 valence electrons. The van der Waals surface area contributed by atoms with Crippen molar-refractivity contribution >= 4 is 36.0 Å². The molecule has 0 aliphatic rings. The van der Waals surface area contributed by atoms with Gasteiger partial charge < -0.3 is 0 Å². The number of hydrogen-bond acceptors (Lipinski definition) is 1. The molecule has 0 atom stereocenters. The van der Waals surface area contributed by atoms with Crippen LogP contribution in [0, 0.1) is 0 Å². The van der Waals surface area contributed by atoms with E-state index in [9.17, 15) is 0 Å². The SMILES string of the molecule is C=C/C=N\c1c(C=C)c(/C=C\C)c(C=C)n1C(/C=C\C)=C/C=C. The summed E-state index contributed by atoms with van der Waals surface area (Å²) in [5.41, 5.74) is 3.90. The summed E-state index contributed by atoms with van der Waals surface area (Å²) in [6, 6.07) is 0. The molecule has 0 unspecified atom stereocenters. The zero-order valence-corrected chi connectivity index (χ0v) is 14.0. The summed E-state index contributed by atoms with van der Waals surface area (Å²) in [6.45, 7) is 19.4. The van der Waals surface area contributed by atoms with Gasteiger partial charge in [0.1, 0.15) is 5.82 Å². The van der Waals surface area contributed by atoms with E-state index in [0.717, 1.165) is 28.3 Å². The molecule has 0 N–H and O–H groups in total. The zero-order valence-electron chi connectivity index (χ0n) is 14.0. The Kier molecular flexibility index (Phi) is 7.28. The van der Waals surface area contributed by atoms with Gasteiger partial charge in [-0.1, -0.05) is 62.8 Å². The second-order valence-electron chi connectivity index (χ2n) is 4.62. The Hall–Kier alpha value is -2.87. The number of aliphatic imine (C=N–C) groups is 1. The summed E-state index contributed by atoms with van der Waals surface area (Å²) in [4.78, 5) is 4.55. The van der Waals surface area contributed by atoms with Crippen LogP contribution in [0.5, 0.6) is 0 Å². The number of allylic oxidation sites excluding steroid dienone is 7. The molecule has 0 fully saturated rings. The van der Waals surface area contributed by atoms with E-state index in [0.29, 0.717) is 0 Å².